The van der Waals surface area contributed by atoms with Crippen molar-refractivity contribution in [3.05, 3.63) is 4.88 Å². The Morgan fingerprint density at radius 1 is 1.50 bits per heavy atom. The number of nitrogens with two attached hydrogens (primary N) is 1. The number of thiophene rings is 1. The van der Waals surface area contributed by atoms with Gasteiger partial charge in [0, 0.05) is 13.1 Å². The summed E-state index contributed by atoms with van der Waals surface area (Å²) in [5.74, 6) is -0.355. The van der Waals surface area contributed by atoms with Crippen molar-refractivity contribution in [1.29, 1.82) is 0 Å². The van der Waals surface area contributed by atoms with Crippen LogP contribution in [0.4, 0.5) is 10.7 Å². The van der Waals surface area contributed by atoms with E-state index >= 15 is 0 Å². The van der Waals surface area contributed by atoms with Gasteiger partial charge in [0.15, 0.2) is 0 Å². The molecule has 0 aliphatic carbocycles. The number of nitrogen functional groups attached to an aromatic ring is 1. The number of hydrogen-bond donors (Lipinski definition) is 1. The van der Waals surface area contributed by atoms with E-state index < -0.39 is 0 Å². The van der Waals surface area contributed by atoms with Gasteiger partial charge in [0.1, 0.15) is 9.88 Å². The summed E-state index contributed by atoms with van der Waals surface area (Å²) in [7, 11) is 1.38. The molecule has 102 valence electrons. The maximum absolute atomic E-state index is 11.7. The number of esters is 1. The Labute approximate surface area is 116 Å². The molecule has 4 nitrogen and oxygen atoms in total. The fourth-order valence-electron chi connectivity index (χ4n) is 1.74. The molecular formula is C12H20N2O2S2. The van der Waals surface area contributed by atoms with Gasteiger partial charge < -0.3 is 15.4 Å². The van der Waals surface area contributed by atoms with Crippen molar-refractivity contribution in [1.82, 2.24) is 0 Å². The molecule has 0 atom stereocenters. The van der Waals surface area contributed by atoms with Gasteiger partial charge in [-0.1, -0.05) is 6.92 Å². The predicted octanol–water partition coefficient (Wildman–Crippen LogP) is 3.08. The molecule has 2 N–H and O–H groups in total. The molecule has 0 unspecified atom stereocenters. The molecule has 0 saturated carbocycles. The monoisotopic (exact) mass is 288 g/mol. The SMILES string of the molecule is CCCN(CC)c1sc(C(=O)OC)c(N)c1SC. The van der Waals surface area contributed by atoms with Gasteiger partial charge in [0.2, 0.25) is 0 Å². The Morgan fingerprint density at radius 2 is 2.17 bits per heavy atom. The zero-order valence-electron chi connectivity index (χ0n) is 11.3. The molecule has 1 aromatic heterocycles. The number of thioether (sulfide) groups is 1. The molecule has 18 heavy (non-hydrogen) atoms. The standard InChI is InChI=1S/C12H20N2O2S2/c1-5-7-14(6-2)11-9(17-4)8(13)10(18-11)12(15)16-3/h5-7,13H2,1-4H3. The van der Waals surface area contributed by atoms with Crippen LogP contribution >= 0.6 is 23.1 Å². The van der Waals surface area contributed by atoms with Crippen molar-refractivity contribution in [2.45, 2.75) is 25.2 Å². The minimum atomic E-state index is -0.355. The van der Waals surface area contributed by atoms with Crippen molar-refractivity contribution >= 4 is 39.8 Å². The van der Waals surface area contributed by atoms with Crippen LogP contribution in [0, 0.1) is 0 Å². The highest BCUT2D eigenvalue weighted by Gasteiger charge is 2.23. The molecule has 0 radical (unpaired) electrons. The second-order valence-corrected chi connectivity index (χ2v) is 5.57. The van der Waals surface area contributed by atoms with Crippen molar-refractivity contribution in [3.8, 4) is 0 Å². The second-order valence-electron chi connectivity index (χ2n) is 3.75. The van der Waals surface area contributed by atoms with Crippen LogP contribution in [0.3, 0.4) is 0 Å². The Hall–Kier alpha value is -0.880. The quantitative estimate of drug-likeness (QED) is 0.644. The molecule has 1 aromatic rings. The summed E-state index contributed by atoms with van der Waals surface area (Å²) < 4.78 is 4.77. The van der Waals surface area contributed by atoms with Crippen LogP contribution < -0.4 is 10.6 Å². The normalized spacial score (nSPS) is 10.4. The number of ether oxygens (including phenoxy) is 1. The summed E-state index contributed by atoms with van der Waals surface area (Å²) in [5, 5.41) is 1.07. The van der Waals surface area contributed by atoms with Crippen LogP contribution in [0.1, 0.15) is 29.9 Å². The Bertz CT molecular complexity index is 418. The maximum Gasteiger partial charge on any atom is 0.350 e. The zero-order valence-corrected chi connectivity index (χ0v) is 12.9. The van der Waals surface area contributed by atoms with E-state index in [4.69, 9.17) is 10.5 Å². The highest BCUT2D eigenvalue weighted by molar-refractivity contribution is 7.99. The summed E-state index contributed by atoms with van der Waals surface area (Å²) in [6.07, 6.45) is 3.04. The molecule has 0 bridgehead atoms. The molecular weight excluding hydrogens is 268 g/mol. The molecule has 1 rings (SSSR count). The average Bonchev–Trinajstić information content (AvgIpc) is 2.71. The Morgan fingerprint density at radius 3 is 2.61 bits per heavy atom. The summed E-state index contributed by atoms with van der Waals surface area (Å²) >= 11 is 3.00. The third-order valence-corrected chi connectivity index (χ3v) is 4.82. The van der Waals surface area contributed by atoms with Crippen molar-refractivity contribution < 1.29 is 9.53 Å². The molecule has 0 aliphatic heterocycles. The number of anilines is 2. The van der Waals surface area contributed by atoms with Crippen molar-refractivity contribution in [2.75, 3.05) is 37.1 Å². The molecule has 0 aromatic carbocycles. The minimum absolute atomic E-state index is 0.355. The Kier molecular flexibility index (Phi) is 5.81. The lowest BCUT2D eigenvalue weighted by atomic mass is 10.3. The number of carbonyl (C=O) groups excluding carboxylic acids is 1. The fraction of sp³-hybridized carbons (Fsp3) is 0.583. The van der Waals surface area contributed by atoms with Gasteiger partial charge in [0.25, 0.3) is 0 Å². The van der Waals surface area contributed by atoms with Crippen LogP contribution in [0.2, 0.25) is 0 Å². The van der Waals surface area contributed by atoms with Crippen LogP contribution in [-0.2, 0) is 4.74 Å². The van der Waals surface area contributed by atoms with E-state index in [2.05, 4.69) is 18.7 Å². The van der Waals surface area contributed by atoms with Crippen LogP contribution in [-0.4, -0.2) is 32.4 Å². The van der Waals surface area contributed by atoms with Gasteiger partial charge in [-0.3, -0.25) is 0 Å². The molecule has 0 saturated heterocycles. The van der Waals surface area contributed by atoms with E-state index in [1.807, 2.05) is 6.26 Å². The lowest BCUT2D eigenvalue weighted by Gasteiger charge is -2.21. The van der Waals surface area contributed by atoms with Crippen LogP contribution in [0.25, 0.3) is 0 Å². The van der Waals surface area contributed by atoms with Gasteiger partial charge in [-0.25, -0.2) is 4.79 Å². The number of methoxy groups -OCH3 is 1. The summed E-state index contributed by atoms with van der Waals surface area (Å²) in [4.78, 5) is 15.4. The number of rotatable bonds is 6. The third kappa shape index (κ3) is 2.92. The summed E-state index contributed by atoms with van der Waals surface area (Å²) in [6.45, 7) is 6.11. The highest BCUT2D eigenvalue weighted by Crippen LogP contribution is 2.44. The van der Waals surface area contributed by atoms with Crippen molar-refractivity contribution in [3.63, 3.8) is 0 Å². The minimum Gasteiger partial charge on any atom is -0.465 e. The van der Waals surface area contributed by atoms with E-state index in [9.17, 15) is 4.79 Å². The average molecular weight is 288 g/mol. The Balaban J connectivity index is 3.22. The number of hydrogen-bond acceptors (Lipinski definition) is 6. The van der Waals surface area contributed by atoms with Crippen LogP contribution in [0.5, 0.6) is 0 Å². The summed E-state index contributed by atoms with van der Waals surface area (Å²) in [5.41, 5.74) is 6.59. The number of nitrogens with zero attached hydrogens (tertiary/aromatic N) is 1. The van der Waals surface area contributed by atoms with Gasteiger partial charge in [-0.05, 0) is 19.6 Å². The predicted molar refractivity (Wildman–Crippen MR) is 80.0 cm³/mol. The lowest BCUT2D eigenvalue weighted by molar-refractivity contribution is 0.0607. The number of carbonyl (C=O) groups is 1. The first kappa shape index (κ1) is 15.2. The second kappa shape index (κ2) is 6.89. The third-order valence-electron chi connectivity index (χ3n) is 2.62. The first-order valence-corrected chi connectivity index (χ1v) is 7.94. The van der Waals surface area contributed by atoms with E-state index in [1.165, 1.54) is 18.4 Å². The summed E-state index contributed by atoms with van der Waals surface area (Å²) in [6, 6.07) is 0. The van der Waals surface area contributed by atoms with Gasteiger partial charge in [-0.2, -0.15) is 0 Å². The van der Waals surface area contributed by atoms with Crippen LogP contribution in [0.15, 0.2) is 4.90 Å². The molecule has 0 fully saturated rings. The van der Waals surface area contributed by atoms with Crippen molar-refractivity contribution in [2.24, 2.45) is 0 Å². The zero-order chi connectivity index (χ0) is 13.7. The van der Waals surface area contributed by atoms with E-state index in [1.54, 1.807) is 11.8 Å². The van der Waals surface area contributed by atoms with Gasteiger partial charge in [-0.15, -0.1) is 23.1 Å². The fourth-order valence-corrected chi connectivity index (χ4v) is 3.93. The van der Waals surface area contributed by atoms with Gasteiger partial charge in [0.05, 0.1) is 17.7 Å². The molecule has 0 spiro atoms. The van der Waals surface area contributed by atoms with Gasteiger partial charge >= 0.3 is 5.97 Å². The smallest absolute Gasteiger partial charge is 0.350 e. The molecule has 0 amide bonds. The van der Waals surface area contributed by atoms with E-state index in [-0.39, 0.29) is 5.97 Å². The van der Waals surface area contributed by atoms with E-state index in [0.717, 1.165) is 29.4 Å². The molecule has 0 aliphatic rings. The highest BCUT2D eigenvalue weighted by atomic mass is 32.2. The largest absolute Gasteiger partial charge is 0.465 e. The van der Waals surface area contributed by atoms with E-state index in [0.29, 0.717) is 10.6 Å². The molecule has 6 heteroatoms. The first-order chi connectivity index (χ1) is 8.60. The maximum atomic E-state index is 11.7. The lowest BCUT2D eigenvalue weighted by Crippen LogP contribution is -2.22. The topological polar surface area (TPSA) is 55.6 Å². The first-order valence-electron chi connectivity index (χ1n) is 5.90. The molecule has 1 heterocycles.